The molecule has 0 aliphatic heterocycles. The summed E-state index contributed by atoms with van der Waals surface area (Å²) in [6, 6.07) is 1.73. The van der Waals surface area contributed by atoms with E-state index in [0.29, 0.717) is 17.0 Å². The topological polar surface area (TPSA) is 35.0 Å². The Hall–Kier alpha value is -0.830. The van der Waals surface area contributed by atoms with E-state index in [9.17, 15) is 0 Å². The van der Waals surface area contributed by atoms with Crippen LogP contribution >= 0.6 is 11.6 Å². The first-order chi connectivity index (χ1) is 9.08. The molecule has 0 N–H and O–H groups in total. The molecule has 19 heavy (non-hydrogen) atoms. The van der Waals surface area contributed by atoms with E-state index >= 15 is 0 Å². The highest BCUT2D eigenvalue weighted by Gasteiger charge is 2.26. The number of nitrogens with zero attached hydrogens (tertiary/aromatic N) is 2. The summed E-state index contributed by atoms with van der Waals surface area (Å²) in [4.78, 5) is 8.66. The SMILES string of the molecule is CCCc1nc(Cl)cc(OC2CCC(C)C(C)C2)n1. The average molecular weight is 283 g/mol. The summed E-state index contributed by atoms with van der Waals surface area (Å²) in [5, 5.41) is 0.477. The molecule has 0 radical (unpaired) electrons. The first-order valence-electron chi connectivity index (χ1n) is 7.28. The molecule has 4 heteroatoms. The van der Waals surface area contributed by atoms with Crippen LogP contribution in [0.4, 0.5) is 0 Å². The molecular formula is C15H23ClN2O. The lowest BCUT2D eigenvalue weighted by molar-refractivity contribution is 0.0961. The number of halogens is 1. The van der Waals surface area contributed by atoms with Gasteiger partial charge in [-0.3, -0.25) is 0 Å². The second kappa shape index (κ2) is 6.56. The lowest BCUT2D eigenvalue weighted by Gasteiger charge is -2.31. The Morgan fingerprint density at radius 3 is 2.74 bits per heavy atom. The maximum absolute atomic E-state index is 6.02. The van der Waals surface area contributed by atoms with Crippen LogP contribution in [0.3, 0.4) is 0 Å². The fraction of sp³-hybridized carbons (Fsp3) is 0.733. The summed E-state index contributed by atoms with van der Waals surface area (Å²) >= 11 is 6.02. The zero-order valence-corrected chi connectivity index (χ0v) is 12.8. The predicted octanol–water partition coefficient (Wildman–Crippen LogP) is 4.29. The van der Waals surface area contributed by atoms with Crippen LogP contribution in [0, 0.1) is 11.8 Å². The third-order valence-electron chi connectivity index (χ3n) is 4.03. The van der Waals surface area contributed by atoms with Crippen LogP contribution in [-0.2, 0) is 6.42 Å². The van der Waals surface area contributed by atoms with Gasteiger partial charge in [-0.05, 0) is 37.5 Å². The summed E-state index contributed by atoms with van der Waals surface area (Å²) in [7, 11) is 0. The van der Waals surface area contributed by atoms with Crippen LogP contribution < -0.4 is 4.74 Å². The third-order valence-corrected chi connectivity index (χ3v) is 4.22. The minimum Gasteiger partial charge on any atom is -0.474 e. The monoisotopic (exact) mass is 282 g/mol. The Bertz CT molecular complexity index is 425. The molecular weight excluding hydrogens is 260 g/mol. The summed E-state index contributed by atoms with van der Waals surface area (Å²) in [6.45, 7) is 6.73. The van der Waals surface area contributed by atoms with Crippen LogP contribution in [0.25, 0.3) is 0 Å². The number of hydrogen-bond acceptors (Lipinski definition) is 3. The summed E-state index contributed by atoms with van der Waals surface area (Å²) in [5.74, 6) is 2.92. The molecule has 3 nitrogen and oxygen atoms in total. The normalized spacial score (nSPS) is 27.3. The average Bonchev–Trinajstić information content (AvgIpc) is 2.33. The van der Waals surface area contributed by atoms with Gasteiger partial charge in [0.2, 0.25) is 5.88 Å². The number of hydrogen-bond donors (Lipinski definition) is 0. The lowest BCUT2D eigenvalue weighted by Crippen LogP contribution is -2.29. The van der Waals surface area contributed by atoms with Crippen molar-refractivity contribution in [2.75, 3.05) is 0 Å². The quantitative estimate of drug-likeness (QED) is 0.773. The van der Waals surface area contributed by atoms with E-state index in [0.717, 1.165) is 37.4 Å². The van der Waals surface area contributed by atoms with Crippen molar-refractivity contribution in [2.24, 2.45) is 11.8 Å². The number of rotatable bonds is 4. The largest absolute Gasteiger partial charge is 0.474 e. The van der Waals surface area contributed by atoms with Gasteiger partial charge < -0.3 is 4.74 Å². The highest BCUT2D eigenvalue weighted by molar-refractivity contribution is 6.29. The van der Waals surface area contributed by atoms with Gasteiger partial charge in [-0.25, -0.2) is 4.98 Å². The second-order valence-corrected chi connectivity index (χ2v) is 6.09. The van der Waals surface area contributed by atoms with Crippen molar-refractivity contribution in [3.05, 3.63) is 17.0 Å². The molecule has 1 fully saturated rings. The molecule has 0 amide bonds. The highest BCUT2D eigenvalue weighted by Crippen LogP contribution is 2.31. The molecule has 1 saturated carbocycles. The number of aryl methyl sites for hydroxylation is 1. The maximum atomic E-state index is 6.02. The molecule has 1 aliphatic rings. The number of ether oxygens (including phenoxy) is 1. The molecule has 1 aromatic rings. The van der Waals surface area contributed by atoms with Crippen molar-refractivity contribution >= 4 is 11.6 Å². The van der Waals surface area contributed by atoms with Crippen LogP contribution in [0.1, 0.15) is 52.3 Å². The van der Waals surface area contributed by atoms with Gasteiger partial charge in [0.25, 0.3) is 0 Å². The van der Waals surface area contributed by atoms with E-state index in [1.165, 1.54) is 6.42 Å². The standard InChI is InChI=1S/C15H23ClN2O/c1-4-5-14-17-13(16)9-15(18-14)19-12-7-6-10(2)11(3)8-12/h9-12H,4-8H2,1-3H3. The molecule has 1 aliphatic carbocycles. The second-order valence-electron chi connectivity index (χ2n) is 5.70. The molecule has 1 aromatic heterocycles. The zero-order valence-electron chi connectivity index (χ0n) is 12.0. The molecule has 0 bridgehead atoms. The van der Waals surface area contributed by atoms with Crippen molar-refractivity contribution in [2.45, 2.75) is 59.0 Å². The molecule has 0 spiro atoms. The Morgan fingerprint density at radius 1 is 1.26 bits per heavy atom. The first-order valence-corrected chi connectivity index (χ1v) is 7.66. The van der Waals surface area contributed by atoms with E-state index in [-0.39, 0.29) is 6.10 Å². The fourth-order valence-corrected chi connectivity index (χ4v) is 2.80. The Morgan fingerprint density at radius 2 is 2.05 bits per heavy atom. The van der Waals surface area contributed by atoms with E-state index < -0.39 is 0 Å². The first kappa shape index (κ1) is 14.6. The van der Waals surface area contributed by atoms with Crippen molar-refractivity contribution in [3.8, 4) is 5.88 Å². The molecule has 3 unspecified atom stereocenters. The van der Waals surface area contributed by atoms with Gasteiger partial charge in [-0.2, -0.15) is 4.98 Å². The number of aromatic nitrogens is 2. The Kier molecular flexibility index (Phi) is 5.03. The van der Waals surface area contributed by atoms with E-state index in [1.807, 2.05) is 0 Å². The van der Waals surface area contributed by atoms with Crippen LogP contribution in [0.5, 0.6) is 5.88 Å². The zero-order chi connectivity index (χ0) is 13.8. The van der Waals surface area contributed by atoms with Crippen LogP contribution in [0.2, 0.25) is 5.15 Å². The van der Waals surface area contributed by atoms with Gasteiger partial charge in [-0.1, -0.05) is 32.4 Å². The minimum absolute atomic E-state index is 0.270. The minimum atomic E-state index is 0.270. The van der Waals surface area contributed by atoms with E-state index in [2.05, 4.69) is 30.7 Å². The van der Waals surface area contributed by atoms with Gasteiger partial charge in [0, 0.05) is 12.5 Å². The summed E-state index contributed by atoms with van der Waals surface area (Å²) in [6.07, 6.45) is 5.56. The van der Waals surface area contributed by atoms with Crippen LogP contribution in [-0.4, -0.2) is 16.1 Å². The smallest absolute Gasteiger partial charge is 0.218 e. The van der Waals surface area contributed by atoms with Crippen molar-refractivity contribution in [1.29, 1.82) is 0 Å². The molecule has 106 valence electrons. The lowest BCUT2D eigenvalue weighted by atomic mass is 9.80. The molecule has 1 heterocycles. The summed E-state index contributed by atoms with van der Waals surface area (Å²) in [5.41, 5.74) is 0. The van der Waals surface area contributed by atoms with Gasteiger partial charge >= 0.3 is 0 Å². The molecule has 3 atom stereocenters. The van der Waals surface area contributed by atoms with Gasteiger partial charge in [0.1, 0.15) is 17.1 Å². The van der Waals surface area contributed by atoms with Gasteiger partial charge in [0.15, 0.2) is 0 Å². The van der Waals surface area contributed by atoms with Crippen molar-refractivity contribution < 1.29 is 4.74 Å². The van der Waals surface area contributed by atoms with E-state index in [4.69, 9.17) is 16.3 Å². The molecule has 0 aromatic carbocycles. The van der Waals surface area contributed by atoms with Crippen molar-refractivity contribution in [1.82, 2.24) is 9.97 Å². The van der Waals surface area contributed by atoms with Gasteiger partial charge in [0.05, 0.1) is 0 Å². The molecule has 2 rings (SSSR count). The van der Waals surface area contributed by atoms with Crippen LogP contribution in [0.15, 0.2) is 6.07 Å². The van der Waals surface area contributed by atoms with Gasteiger partial charge in [-0.15, -0.1) is 0 Å². The third kappa shape index (κ3) is 4.07. The fourth-order valence-electron chi connectivity index (χ4n) is 2.61. The van der Waals surface area contributed by atoms with Crippen molar-refractivity contribution in [3.63, 3.8) is 0 Å². The highest BCUT2D eigenvalue weighted by atomic mass is 35.5. The Balaban J connectivity index is 2.02. The predicted molar refractivity (Wildman–Crippen MR) is 77.6 cm³/mol. The maximum Gasteiger partial charge on any atom is 0.218 e. The Labute approximate surface area is 120 Å². The van der Waals surface area contributed by atoms with E-state index in [1.54, 1.807) is 6.07 Å². The summed E-state index contributed by atoms with van der Waals surface area (Å²) < 4.78 is 6.01. The molecule has 0 saturated heterocycles.